The van der Waals surface area contributed by atoms with Crippen LogP contribution < -0.4 is 14.2 Å². The largest absolute Gasteiger partial charge is 0.496 e. The van der Waals surface area contributed by atoms with Crippen molar-refractivity contribution in [2.24, 2.45) is 5.92 Å². The average Bonchev–Trinajstić information content (AvgIpc) is 2.37. The van der Waals surface area contributed by atoms with Gasteiger partial charge in [0.25, 0.3) is 0 Å². The van der Waals surface area contributed by atoms with Crippen LogP contribution in [0.15, 0.2) is 18.2 Å². The fourth-order valence-electron chi connectivity index (χ4n) is 1.65. The molecule has 18 heavy (non-hydrogen) atoms. The SMILES string of the molecule is COc1cc(OC)c(OC)cc1/C=C/CC(C)C. The molecule has 1 aromatic carbocycles. The minimum Gasteiger partial charge on any atom is -0.496 e. The molecule has 3 heteroatoms. The van der Waals surface area contributed by atoms with Gasteiger partial charge in [0, 0.05) is 11.6 Å². The Balaban J connectivity index is 3.05. The Morgan fingerprint density at radius 1 is 0.944 bits per heavy atom. The zero-order valence-corrected chi connectivity index (χ0v) is 11.8. The fraction of sp³-hybridized carbons (Fsp3) is 0.467. The molecular formula is C15H22O3. The van der Waals surface area contributed by atoms with Crippen LogP contribution in [-0.4, -0.2) is 21.3 Å². The van der Waals surface area contributed by atoms with Gasteiger partial charge in [-0.2, -0.15) is 0 Å². The Kier molecular flexibility index (Phi) is 5.56. The van der Waals surface area contributed by atoms with Gasteiger partial charge >= 0.3 is 0 Å². The molecule has 0 spiro atoms. The van der Waals surface area contributed by atoms with Crippen LogP contribution in [0.4, 0.5) is 0 Å². The standard InChI is InChI=1S/C15H22O3/c1-11(2)7-6-8-12-9-14(17-4)15(18-5)10-13(12)16-3/h6,8-11H,7H2,1-5H3/b8-6+. The minimum atomic E-state index is 0.646. The van der Waals surface area contributed by atoms with Crippen molar-refractivity contribution in [2.45, 2.75) is 20.3 Å². The predicted octanol–water partition coefficient (Wildman–Crippen LogP) is 3.77. The van der Waals surface area contributed by atoms with E-state index in [1.807, 2.05) is 12.1 Å². The maximum absolute atomic E-state index is 5.36. The summed E-state index contributed by atoms with van der Waals surface area (Å²) in [7, 11) is 4.90. The van der Waals surface area contributed by atoms with E-state index in [1.54, 1.807) is 21.3 Å². The van der Waals surface area contributed by atoms with Crippen LogP contribution in [0.2, 0.25) is 0 Å². The molecule has 0 unspecified atom stereocenters. The number of allylic oxidation sites excluding steroid dienone is 1. The number of hydrogen-bond acceptors (Lipinski definition) is 3. The number of methoxy groups -OCH3 is 3. The summed E-state index contributed by atoms with van der Waals surface area (Å²) in [6.45, 7) is 4.38. The Hall–Kier alpha value is -1.64. The van der Waals surface area contributed by atoms with E-state index in [0.29, 0.717) is 17.4 Å². The summed E-state index contributed by atoms with van der Waals surface area (Å²) >= 11 is 0. The van der Waals surface area contributed by atoms with Gasteiger partial charge in [-0.1, -0.05) is 26.0 Å². The van der Waals surface area contributed by atoms with E-state index in [2.05, 4.69) is 26.0 Å². The summed E-state index contributed by atoms with van der Waals surface area (Å²) in [5.74, 6) is 2.82. The zero-order valence-electron chi connectivity index (χ0n) is 11.8. The summed E-state index contributed by atoms with van der Waals surface area (Å²) in [5, 5.41) is 0. The van der Waals surface area contributed by atoms with Crippen molar-refractivity contribution in [1.29, 1.82) is 0 Å². The highest BCUT2D eigenvalue weighted by molar-refractivity contribution is 5.63. The van der Waals surface area contributed by atoms with Crippen LogP contribution in [0.25, 0.3) is 6.08 Å². The summed E-state index contributed by atoms with van der Waals surface area (Å²) in [5.41, 5.74) is 0.996. The van der Waals surface area contributed by atoms with Crippen molar-refractivity contribution in [3.05, 3.63) is 23.8 Å². The van der Waals surface area contributed by atoms with Crippen molar-refractivity contribution in [3.63, 3.8) is 0 Å². The Bertz CT molecular complexity index is 408. The topological polar surface area (TPSA) is 27.7 Å². The van der Waals surface area contributed by atoms with Crippen LogP contribution in [-0.2, 0) is 0 Å². The number of hydrogen-bond donors (Lipinski definition) is 0. The van der Waals surface area contributed by atoms with Crippen LogP contribution >= 0.6 is 0 Å². The maximum atomic E-state index is 5.36. The van der Waals surface area contributed by atoms with Crippen molar-refractivity contribution >= 4 is 6.08 Å². The second-order valence-corrected chi connectivity index (χ2v) is 4.48. The van der Waals surface area contributed by atoms with Gasteiger partial charge in [-0.25, -0.2) is 0 Å². The minimum absolute atomic E-state index is 0.646. The Morgan fingerprint density at radius 3 is 2.00 bits per heavy atom. The van der Waals surface area contributed by atoms with Gasteiger partial charge in [0.05, 0.1) is 21.3 Å². The van der Waals surface area contributed by atoms with Crippen molar-refractivity contribution < 1.29 is 14.2 Å². The summed E-state index contributed by atoms with van der Waals surface area (Å²) in [6, 6.07) is 3.77. The smallest absolute Gasteiger partial charge is 0.164 e. The number of rotatable bonds is 6. The molecule has 0 aliphatic carbocycles. The molecule has 0 fully saturated rings. The lowest BCUT2D eigenvalue weighted by Gasteiger charge is -2.12. The lowest BCUT2D eigenvalue weighted by molar-refractivity contribution is 0.348. The van der Waals surface area contributed by atoms with Crippen LogP contribution in [0, 0.1) is 5.92 Å². The predicted molar refractivity (Wildman–Crippen MR) is 74.6 cm³/mol. The van der Waals surface area contributed by atoms with E-state index >= 15 is 0 Å². The van der Waals surface area contributed by atoms with Crippen LogP contribution in [0.1, 0.15) is 25.8 Å². The molecule has 0 radical (unpaired) electrons. The van der Waals surface area contributed by atoms with Gasteiger partial charge in [0.2, 0.25) is 0 Å². The molecule has 0 aliphatic heterocycles. The third-order valence-electron chi connectivity index (χ3n) is 2.64. The van der Waals surface area contributed by atoms with E-state index in [9.17, 15) is 0 Å². The van der Waals surface area contributed by atoms with Crippen molar-refractivity contribution in [2.75, 3.05) is 21.3 Å². The molecule has 0 aliphatic rings. The molecule has 0 saturated carbocycles. The van der Waals surface area contributed by atoms with Crippen molar-refractivity contribution in [3.8, 4) is 17.2 Å². The van der Waals surface area contributed by atoms with E-state index in [0.717, 1.165) is 17.7 Å². The second kappa shape index (κ2) is 6.94. The van der Waals surface area contributed by atoms with Crippen molar-refractivity contribution in [1.82, 2.24) is 0 Å². The molecule has 0 N–H and O–H groups in total. The normalized spacial score (nSPS) is 11.0. The first kappa shape index (κ1) is 14.4. The van der Waals surface area contributed by atoms with Gasteiger partial charge in [-0.15, -0.1) is 0 Å². The lowest BCUT2D eigenvalue weighted by Crippen LogP contribution is -1.94. The van der Waals surface area contributed by atoms with Crippen LogP contribution in [0.5, 0.6) is 17.2 Å². The molecular weight excluding hydrogens is 228 g/mol. The molecule has 1 aromatic rings. The molecule has 0 heterocycles. The van der Waals surface area contributed by atoms with Crippen LogP contribution in [0.3, 0.4) is 0 Å². The maximum Gasteiger partial charge on any atom is 0.164 e. The quantitative estimate of drug-likeness (QED) is 0.769. The second-order valence-electron chi connectivity index (χ2n) is 4.48. The molecule has 3 nitrogen and oxygen atoms in total. The average molecular weight is 250 g/mol. The molecule has 0 bridgehead atoms. The first-order chi connectivity index (χ1) is 8.62. The monoisotopic (exact) mass is 250 g/mol. The highest BCUT2D eigenvalue weighted by Gasteiger charge is 2.09. The Labute approximate surface area is 109 Å². The summed E-state index contributed by atoms with van der Waals surface area (Å²) in [6.07, 6.45) is 5.24. The highest BCUT2D eigenvalue weighted by atomic mass is 16.5. The fourth-order valence-corrected chi connectivity index (χ4v) is 1.65. The van der Waals surface area contributed by atoms with Gasteiger partial charge in [-0.05, 0) is 18.4 Å². The molecule has 0 aromatic heterocycles. The van der Waals surface area contributed by atoms with Gasteiger partial charge in [-0.3, -0.25) is 0 Å². The highest BCUT2D eigenvalue weighted by Crippen LogP contribution is 2.35. The van der Waals surface area contributed by atoms with E-state index < -0.39 is 0 Å². The lowest BCUT2D eigenvalue weighted by atomic mass is 10.1. The van der Waals surface area contributed by atoms with Gasteiger partial charge in [0.1, 0.15) is 5.75 Å². The molecule has 0 saturated heterocycles. The molecule has 100 valence electrons. The molecule has 0 atom stereocenters. The number of ether oxygens (including phenoxy) is 3. The first-order valence-corrected chi connectivity index (χ1v) is 6.09. The third kappa shape index (κ3) is 3.69. The molecule has 1 rings (SSSR count). The third-order valence-corrected chi connectivity index (χ3v) is 2.64. The zero-order chi connectivity index (χ0) is 13.5. The van der Waals surface area contributed by atoms with Gasteiger partial charge in [0.15, 0.2) is 11.5 Å². The number of benzene rings is 1. The van der Waals surface area contributed by atoms with E-state index in [1.165, 1.54) is 0 Å². The summed E-state index contributed by atoms with van der Waals surface area (Å²) < 4.78 is 15.9. The van der Waals surface area contributed by atoms with E-state index in [-0.39, 0.29) is 0 Å². The van der Waals surface area contributed by atoms with Gasteiger partial charge < -0.3 is 14.2 Å². The Morgan fingerprint density at radius 2 is 1.50 bits per heavy atom. The molecule has 0 amide bonds. The summed E-state index contributed by atoms with van der Waals surface area (Å²) in [4.78, 5) is 0. The first-order valence-electron chi connectivity index (χ1n) is 6.09. The van der Waals surface area contributed by atoms with E-state index in [4.69, 9.17) is 14.2 Å².